The van der Waals surface area contributed by atoms with Crippen LogP contribution in [0.4, 0.5) is 0 Å². The predicted molar refractivity (Wildman–Crippen MR) is 49.0 cm³/mol. The molecule has 2 heterocycles. The van der Waals surface area contributed by atoms with Gasteiger partial charge in [0.05, 0.1) is 12.9 Å². The van der Waals surface area contributed by atoms with Crippen LogP contribution in [0, 0.1) is 11.8 Å². The third-order valence-corrected chi connectivity index (χ3v) is 3.66. The molecule has 0 amide bonds. The zero-order valence-electron chi connectivity index (χ0n) is 7.87. The fourth-order valence-electron chi connectivity index (χ4n) is 2.97. The second kappa shape index (κ2) is 3.02. The number of allylic oxidation sites excluding steroid dienone is 1. The molecule has 1 aliphatic carbocycles. The normalized spacial score (nSPS) is 43.1. The molecule has 1 saturated heterocycles. The Bertz CT molecular complexity index is 234. The lowest BCUT2D eigenvalue weighted by Crippen LogP contribution is -2.32. The number of ether oxygens (including phenoxy) is 2. The van der Waals surface area contributed by atoms with Crippen LogP contribution in [0.15, 0.2) is 11.8 Å². The summed E-state index contributed by atoms with van der Waals surface area (Å²) in [6.45, 7) is 0.896. The van der Waals surface area contributed by atoms with E-state index in [4.69, 9.17) is 9.47 Å². The fraction of sp³-hybridized carbons (Fsp3) is 0.818. The lowest BCUT2D eigenvalue weighted by molar-refractivity contribution is -0.112. The van der Waals surface area contributed by atoms with Gasteiger partial charge in [-0.05, 0) is 37.2 Å². The van der Waals surface area contributed by atoms with Crippen molar-refractivity contribution in [1.82, 2.24) is 0 Å². The minimum absolute atomic E-state index is 0.0897. The van der Waals surface area contributed by atoms with Gasteiger partial charge in [0.2, 0.25) is 6.29 Å². The van der Waals surface area contributed by atoms with E-state index >= 15 is 0 Å². The van der Waals surface area contributed by atoms with E-state index in [1.54, 1.807) is 5.57 Å². The van der Waals surface area contributed by atoms with Gasteiger partial charge >= 0.3 is 0 Å². The Hall–Kier alpha value is -0.500. The maximum Gasteiger partial charge on any atom is 0.202 e. The van der Waals surface area contributed by atoms with E-state index in [0.717, 1.165) is 12.5 Å². The van der Waals surface area contributed by atoms with E-state index in [-0.39, 0.29) is 6.29 Å². The van der Waals surface area contributed by atoms with Gasteiger partial charge in [-0.1, -0.05) is 6.42 Å². The highest BCUT2D eigenvalue weighted by molar-refractivity contribution is 5.12. The van der Waals surface area contributed by atoms with Crippen molar-refractivity contribution in [2.75, 3.05) is 6.61 Å². The Morgan fingerprint density at radius 3 is 3.23 bits per heavy atom. The van der Waals surface area contributed by atoms with Crippen LogP contribution in [-0.2, 0) is 9.47 Å². The van der Waals surface area contributed by atoms with E-state index in [1.807, 2.05) is 6.26 Å². The van der Waals surface area contributed by atoms with Gasteiger partial charge in [0.1, 0.15) is 0 Å². The predicted octanol–water partition coefficient (Wildman–Crippen LogP) is 2.45. The Balaban J connectivity index is 1.86. The summed E-state index contributed by atoms with van der Waals surface area (Å²) in [5.41, 5.74) is 1.55. The maximum atomic E-state index is 5.59. The second-order valence-electron chi connectivity index (χ2n) is 4.37. The van der Waals surface area contributed by atoms with Crippen LogP contribution < -0.4 is 0 Å². The first-order chi connectivity index (χ1) is 6.45. The molecule has 0 radical (unpaired) electrons. The van der Waals surface area contributed by atoms with Crippen LogP contribution in [-0.4, -0.2) is 12.9 Å². The van der Waals surface area contributed by atoms with Gasteiger partial charge in [0, 0.05) is 5.92 Å². The first-order valence-electron chi connectivity index (χ1n) is 5.41. The van der Waals surface area contributed by atoms with Crippen molar-refractivity contribution in [3.63, 3.8) is 0 Å². The van der Waals surface area contributed by atoms with E-state index in [9.17, 15) is 0 Å². The van der Waals surface area contributed by atoms with Crippen molar-refractivity contribution in [3.8, 4) is 0 Å². The largest absolute Gasteiger partial charge is 0.472 e. The second-order valence-corrected chi connectivity index (χ2v) is 4.37. The van der Waals surface area contributed by atoms with Crippen molar-refractivity contribution < 1.29 is 9.47 Å². The minimum Gasteiger partial charge on any atom is -0.472 e. The summed E-state index contributed by atoms with van der Waals surface area (Å²) in [5, 5.41) is 0. The van der Waals surface area contributed by atoms with Gasteiger partial charge < -0.3 is 9.47 Å². The summed E-state index contributed by atoms with van der Waals surface area (Å²) >= 11 is 0. The molecule has 3 aliphatic rings. The Kier molecular flexibility index (Phi) is 1.82. The average molecular weight is 180 g/mol. The molecule has 2 fully saturated rings. The lowest BCUT2D eigenvalue weighted by atomic mass is 9.75. The van der Waals surface area contributed by atoms with Gasteiger partial charge in [0.25, 0.3) is 0 Å². The number of hydrogen-bond donors (Lipinski definition) is 0. The summed E-state index contributed by atoms with van der Waals surface area (Å²) in [7, 11) is 0. The average Bonchev–Trinajstić information content (AvgIpc) is 2.65. The first-order valence-corrected chi connectivity index (χ1v) is 5.41. The summed E-state index contributed by atoms with van der Waals surface area (Å²) in [5.74, 6) is 1.45. The molecule has 3 unspecified atom stereocenters. The quantitative estimate of drug-likeness (QED) is 0.570. The van der Waals surface area contributed by atoms with Crippen molar-refractivity contribution in [2.45, 2.75) is 38.4 Å². The zero-order chi connectivity index (χ0) is 8.67. The molecule has 0 aromatic rings. The van der Waals surface area contributed by atoms with E-state index in [0.29, 0.717) is 5.92 Å². The van der Waals surface area contributed by atoms with Gasteiger partial charge in [-0.3, -0.25) is 0 Å². The molecule has 0 aromatic carbocycles. The van der Waals surface area contributed by atoms with Gasteiger partial charge in [0.15, 0.2) is 0 Å². The monoisotopic (exact) mass is 180 g/mol. The molecule has 2 aliphatic heterocycles. The molecule has 72 valence electrons. The summed E-state index contributed by atoms with van der Waals surface area (Å²) in [6, 6.07) is 0. The standard InChI is InChI=1S/C11H16O2/c1-2-4-9-8(3-1)7-13-11-10(9)5-6-12-11/h7,9-11H,1-6H2. The van der Waals surface area contributed by atoms with Crippen molar-refractivity contribution in [1.29, 1.82) is 0 Å². The molecule has 2 nitrogen and oxygen atoms in total. The van der Waals surface area contributed by atoms with Gasteiger partial charge in [-0.15, -0.1) is 0 Å². The van der Waals surface area contributed by atoms with Crippen LogP contribution in [0.25, 0.3) is 0 Å². The third-order valence-electron chi connectivity index (χ3n) is 3.66. The SMILES string of the molecule is C1=C2CCCCC2C2CCOC2O1. The lowest BCUT2D eigenvalue weighted by Gasteiger charge is -2.36. The Labute approximate surface area is 78.9 Å². The van der Waals surface area contributed by atoms with Gasteiger partial charge in [-0.2, -0.15) is 0 Å². The van der Waals surface area contributed by atoms with Crippen LogP contribution >= 0.6 is 0 Å². The molecule has 3 atom stereocenters. The maximum absolute atomic E-state index is 5.59. The molecule has 0 aromatic heterocycles. The molecule has 0 spiro atoms. The van der Waals surface area contributed by atoms with Gasteiger partial charge in [-0.25, -0.2) is 0 Å². The first kappa shape index (κ1) is 7.86. The molecule has 2 heteroatoms. The van der Waals surface area contributed by atoms with Crippen LogP contribution in [0.3, 0.4) is 0 Å². The summed E-state index contributed by atoms with van der Waals surface area (Å²) < 4.78 is 11.1. The number of hydrogen-bond acceptors (Lipinski definition) is 2. The third kappa shape index (κ3) is 1.19. The highest BCUT2D eigenvalue weighted by Crippen LogP contribution is 2.44. The fourth-order valence-corrected chi connectivity index (χ4v) is 2.97. The summed E-state index contributed by atoms with van der Waals surface area (Å²) in [4.78, 5) is 0. The van der Waals surface area contributed by atoms with Crippen LogP contribution in [0.2, 0.25) is 0 Å². The van der Waals surface area contributed by atoms with Crippen molar-refractivity contribution in [3.05, 3.63) is 11.8 Å². The van der Waals surface area contributed by atoms with E-state index in [1.165, 1.54) is 32.1 Å². The Morgan fingerprint density at radius 2 is 2.23 bits per heavy atom. The molecular formula is C11H16O2. The molecule has 0 N–H and O–H groups in total. The Morgan fingerprint density at radius 1 is 1.23 bits per heavy atom. The molecule has 3 rings (SSSR count). The summed E-state index contributed by atoms with van der Waals surface area (Å²) in [6.07, 6.45) is 8.64. The zero-order valence-corrected chi connectivity index (χ0v) is 7.87. The highest BCUT2D eigenvalue weighted by Gasteiger charge is 2.41. The molecular weight excluding hydrogens is 164 g/mol. The number of rotatable bonds is 0. The molecule has 1 saturated carbocycles. The molecule has 0 bridgehead atoms. The molecule has 13 heavy (non-hydrogen) atoms. The van der Waals surface area contributed by atoms with Crippen molar-refractivity contribution in [2.24, 2.45) is 11.8 Å². The number of fused-ring (bicyclic) bond motifs is 3. The van der Waals surface area contributed by atoms with Crippen molar-refractivity contribution >= 4 is 0 Å². The van der Waals surface area contributed by atoms with E-state index in [2.05, 4.69) is 0 Å². The van der Waals surface area contributed by atoms with E-state index < -0.39 is 0 Å². The smallest absolute Gasteiger partial charge is 0.202 e. The topological polar surface area (TPSA) is 18.5 Å². The minimum atomic E-state index is 0.0897. The van der Waals surface area contributed by atoms with Crippen LogP contribution in [0.1, 0.15) is 32.1 Å². The highest BCUT2D eigenvalue weighted by atomic mass is 16.7. The van der Waals surface area contributed by atoms with Crippen LogP contribution in [0.5, 0.6) is 0 Å².